The molecule has 0 aliphatic rings. The van der Waals surface area contributed by atoms with E-state index in [9.17, 15) is 9.90 Å². The Hall–Kier alpha value is -1.35. The molecular formula is C23H38O3. The number of rotatable bonds is 16. The number of ether oxygens (including phenoxy) is 1. The first-order valence-corrected chi connectivity index (χ1v) is 10.6. The van der Waals surface area contributed by atoms with Crippen LogP contribution in [0.15, 0.2) is 30.3 Å². The first-order valence-electron chi connectivity index (χ1n) is 10.6. The van der Waals surface area contributed by atoms with Gasteiger partial charge < -0.3 is 9.84 Å². The van der Waals surface area contributed by atoms with Crippen molar-refractivity contribution in [1.29, 1.82) is 0 Å². The standard InChI is InChI=1S/C23H38O3/c1-3-5-7-9-14-18-22(26-19-20-15-11-10-12-16-20)21(23(24)25)17-13-8-6-4-2/h10-12,15-16,21-22H,3-9,13-14,17-19H2,1-2H3,(H,24,25)/t21-,22-/m0/s1. The zero-order valence-electron chi connectivity index (χ0n) is 16.8. The SMILES string of the molecule is CCCCCCC[C@H](OCc1ccccc1)[C@H](CCCCCC)C(=O)O. The van der Waals surface area contributed by atoms with Gasteiger partial charge in [-0.25, -0.2) is 0 Å². The van der Waals surface area contributed by atoms with Gasteiger partial charge in [-0.1, -0.05) is 102 Å². The smallest absolute Gasteiger partial charge is 0.309 e. The summed E-state index contributed by atoms with van der Waals surface area (Å²) >= 11 is 0. The average Bonchev–Trinajstić information content (AvgIpc) is 2.65. The third-order valence-corrected chi connectivity index (χ3v) is 5.03. The second kappa shape index (κ2) is 14.8. The highest BCUT2D eigenvalue weighted by atomic mass is 16.5. The third-order valence-electron chi connectivity index (χ3n) is 5.03. The minimum Gasteiger partial charge on any atom is -0.481 e. The molecule has 0 aromatic heterocycles. The summed E-state index contributed by atoms with van der Waals surface area (Å²) < 4.78 is 6.13. The Bertz CT molecular complexity index is 458. The van der Waals surface area contributed by atoms with Crippen molar-refractivity contribution >= 4 is 5.97 Å². The van der Waals surface area contributed by atoms with E-state index in [-0.39, 0.29) is 12.0 Å². The molecule has 1 aromatic carbocycles. The predicted octanol–water partition coefficient (Wildman–Crippen LogP) is 6.60. The first kappa shape index (κ1) is 22.7. The molecule has 0 amide bonds. The molecule has 0 saturated heterocycles. The zero-order chi connectivity index (χ0) is 19.0. The molecule has 3 heteroatoms. The molecule has 1 N–H and O–H groups in total. The van der Waals surface area contributed by atoms with Crippen LogP contribution in [0.25, 0.3) is 0 Å². The van der Waals surface area contributed by atoms with Crippen molar-refractivity contribution in [3.05, 3.63) is 35.9 Å². The molecule has 148 valence electrons. The minimum atomic E-state index is -0.701. The fraction of sp³-hybridized carbons (Fsp3) is 0.696. The van der Waals surface area contributed by atoms with Crippen LogP contribution >= 0.6 is 0 Å². The molecule has 0 fully saturated rings. The van der Waals surface area contributed by atoms with Crippen LogP contribution in [0.4, 0.5) is 0 Å². The average molecular weight is 363 g/mol. The van der Waals surface area contributed by atoms with Crippen LogP contribution in [0, 0.1) is 5.92 Å². The molecular weight excluding hydrogens is 324 g/mol. The van der Waals surface area contributed by atoms with E-state index in [0.29, 0.717) is 6.61 Å². The summed E-state index contributed by atoms with van der Waals surface area (Å²) in [5.41, 5.74) is 1.11. The summed E-state index contributed by atoms with van der Waals surface area (Å²) in [6.07, 6.45) is 11.8. The van der Waals surface area contributed by atoms with E-state index in [1.807, 2.05) is 30.3 Å². The van der Waals surface area contributed by atoms with Gasteiger partial charge in [-0.2, -0.15) is 0 Å². The van der Waals surface area contributed by atoms with Gasteiger partial charge in [0.1, 0.15) is 0 Å². The van der Waals surface area contributed by atoms with E-state index in [2.05, 4.69) is 13.8 Å². The number of hydrogen-bond donors (Lipinski definition) is 1. The number of carboxylic acid groups (broad SMARTS) is 1. The van der Waals surface area contributed by atoms with E-state index >= 15 is 0 Å². The van der Waals surface area contributed by atoms with Gasteiger partial charge in [0.25, 0.3) is 0 Å². The monoisotopic (exact) mass is 362 g/mol. The second-order valence-electron chi connectivity index (χ2n) is 7.33. The van der Waals surface area contributed by atoms with Crippen molar-refractivity contribution in [2.75, 3.05) is 0 Å². The highest BCUT2D eigenvalue weighted by Gasteiger charge is 2.28. The molecule has 26 heavy (non-hydrogen) atoms. The quantitative estimate of drug-likeness (QED) is 0.337. The maximum Gasteiger partial charge on any atom is 0.309 e. The van der Waals surface area contributed by atoms with Crippen LogP contribution in [-0.4, -0.2) is 17.2 Å². The summed E-state index contributed by atoms with van der Waals surface area (Å²) in [6.45, 7) is 4.89. The van der Waals surface area contributed by atoms with Gasteiger partial charge in [0.15, 0.2) is 0 Å². The van der Waals surface area contributed by atoms with Crippen molar-refractivity contribution < 1.29 is 14.6 Å². The molecule has 0 radical (unpaired) electrons. The fourth-order valence-electron chi connectivity index (χ4n) is 3.39. The van der Waals surface area contributed by atoms with Crippen molar-refractivity contribution in [2.24, 2.45) is 5.92 Å². The Labute approximate surface area is 160 Å². The van der Waals surface area contributed by atoms with Gasteiger partial charge in [0, 0.05) is 0 Å². The van der Waals surface area contributed by atoms with Gasteiger partial charge in [-0.3, -0.25) is 4.79 Å². The summed E-state index contributed by atoms with van der Waals surface area (Å²) in [4.78, 5) is 11.9. The summed E-state index contributed by atoms with van der Waals surface area (Å²) in [5.74, 6) is -1.09. The van der Waals surface area contributed by atoms with Crippen molar-refractivity contribution in [3.63, 3.8) is 0 Å². The maximum absolute atomic E-state index is 11.9. The van der Waals surface area contributed by atoms with Gasteiger partial charge in [-0.05, 0) is 18.4 Å². The molecule has 0 saturated carbocycles. The molecule has 0 aliphatic carbocycles. The van der Waals surface area contributed by atoms with Crippen molar-refractivity contribution in [2.45, 2.75) is 97.2 Å². The predicted molar refractivity (Wildman–Crippen MR) is 108 cm³/mol. The van der Waals surface area contributed by atoms with Gasteiger partial charge in [0.2, 0.25) is 0 Å². The van der Waals surface area contributed by atoms with Gasteiger partial charge >= 0.3 is 5.97 Å². The van der Waals surface area contributed by atoms with Gasteiger partial charge in [0.05, 0.1) is 18.6 Å². The zero-order valence-corrected chi connectivity index (χ0v) is 16.8. The molecule has 3 nitrogen and oxygen atoms in total. The van der Waals surface area contributed by atoms with E-state index in [4.69, 9.17) is 4.74 Å². The molecule has 0 spiro atoms. The van der Waals surface area contributed by atoms with Crippen LogP contribution in [-0.2, 0) is 16.1 Å². The van der Waals surface area contributed by atoms with Crippen LogP contribution in [0.3, 0.4) is 0 Å². The molecule has 0 bridgehead atoms. The van der Waals surface area contributed by atoms with E-state index < -0.39 is 5.97 Å². The number of carbonyl (C=O) groups is 1. The molecule has 2 atom stereocenters. The first-order chi connectivity index (χ1) is 12.7. The van der Waals surface area contributed by atoms with Crippen molar-refractivity contribution in [3.8, 4) is 0 Å². The second-order valence-corrected chi connectivity index (χ2v) is 7.33. The number of benzene rings is 1. The fourth-order valence-corrected chi connectivity index (χ4v) is 3.39. The third kappa shape index (κ3) is 9.96. The molecule has 0 aliphatic heterocycles. The van der Waals surface area contributed by atoms with E-state index in [0.717, 1.165) is 37.7 Å². The highest BCUT2D eigenvalue weighted by molar-refractivity contribution is 5.70. The molecule has 0 unspecified atom stereocenters. The Morgan fingerprint density at radius 1 is 0.885 bits per heavy atom. The Kier molecular flexibility index (Phi) is 12.9. The van der Waals surface area contributed by atoms with E-state index in [1.165, 1.54) is 38.5 Å². The largest absolute Gasteiger partial charge is 0.481 e. The summed E-state index contributed by atoms with van der Waals surface area (Å²) in [7, 11) is 0. The Morgan fingerprint density at radius 3 is 2.08 bits per heavy atom. The van der Waals surface area contributed by atoms with Crippen LogP contribution in [0.2, 0.25) is 0 Å². The van der Waals surface area contributed by atoms with Crippen LogP contribution in [0.5, 0.6) is 0 Å². The topological polar surface area (TPSA) is 46.5 Å². The van der Waals surface area contributed by atoms with E-state index in [1.54, 1.807) is 0 Å². The maximum atomic E-state index is 11.9. The molecule has 0 heterocycles. The summed E-state index contributed by atoms with van der Waals surface area (Å²) in [6, 6.07) is 10.1. The lowest BCUT2D eigenvalue weighted by Crippen LogP contribution is -2.31. The van der Waals surface area contributed by atoms with Crippen LogP contribution in [0.1, 0.15) is 90.0 Å². The van der Waals surface area contributed by atoms with Gasteiger partial charge in [-0.15, -0.1) is 0 Å². The van der Waals surface area contributed by atoms with Crippen molar-refractivity contribution in [1.82, 2.24) is 0 Å². The normalized spacial score (nSPS) is 13.5. The molecule has 1 aromatic rings. The summed E-state index contributed by atoms with van der Waals surface area (Å²) in [5, 5.41) is 9.76. The number of carboxylic acids is 1. The lowest BCUT2D eigenvalue weighted by Gasteiger charge is -2.25. The minimum absolute atomic E-state index is 0.184. The van der Waals surface area contributed by atoms with Crippen LogP contribution < -0.4 is 0 Å². The Morgan fingerprint density at radius 2 is 1.46 bits per heavy atom. The number of unbranched alkanes of at least 4 members (excludes halogenated alkanes) is 7. The highest BCUT2D eigenvalue weighted by Crippen LogP contribution is 2.24. The molecule has 1 rings (SSSR count). The lowest BCUT2D eigenvalue weighted by atomic mass is 9.91. The number of aliphatic carboxylic acids is 1. The lowest BCUT2D eigenvalue weighted by molar-refractivity contribution is -0.149. The number of hydrogen-bond acceptors (Lipinski definition) is 2. The Balaban J connectivity index is 2.60.